The van der Waals surface area contributed by atoms with Gasteiger partial charge in [0.05, 0.1) is 12.1 Å². The Morgan fingerprint density at radius 3 is 2.63 bits per heavy atom. The summed E-state index contributed by atoms with van der Waals surface area (Å²) in [6.45, 7) is 0. The maximum absolute atomic E-state index is 11.9. The molecule has 7 heteroatoms. The molecular weight excluding hydrogens is 307 g/mol. The minimum atomic E-state index is -0.219. The monoisotopic (exact) mass is 316 g/mol. The van der Waals surface area contributed by atoms with Gasteiger partial charge in [-0.3, -0.25) is 9.69 Å². The van der Waals surface area contributed by atoms with Gasteiger partial charge in [-0.25, -0.2) is 4.99 Å². The first-order valence-corrected chi connectivity index (χ1v) is 6.52. The number of aliphatic imine (C=N–C) groups is 1. The SMILES string of the molecule is COc1c(Cl)cc(Cl)cc1CC1=NC(=S)N(C)C1=O. The van der Waals surface area contributed by atoms with Crippen molar-refractivity contribution in [2.75, 3.05) is 14.2 Å². The highest BCUT2D eigenvalue weighted by Gasteiger charge is 2.28. The Kier molecular flexibility index (Phi) is 4.08. The van der Waals surface area contributed by atoms with Crippen LogP contribution in [-0.2, 0) is 11.2 Å². The molecular formula is C12H10Cl2N2O2S. The summed E-state index contributed by atoms with van der Waals surface area (Å²) in [7, 11) is 3.09. The van der Waals surface area contributed by atoms with Crippen LogP contribution in [0.2, 0.25) is 10.0 Å². The minimum absolute atomic E-state index is 0.219. The lowest BCUT2D eigenvalue weighted by molar-refractivity contribution is -0.119. The van der Waals surface area contributed by atoms with E-state index < -0.39 is 0 Å². The van der Waals surface area contributed by atoms with Crippen LogP contribution in [0.1, 0.15) is 5.56 Å². The van der Waals surface area contributed by atoms with Crippen LogP contribution in [0.25, 0.3) is 0 Å². The third-order valence-electron chi connectivity index (χ3n) is 2.72. The predicted molar refractivity (Wildman–Crippen MR) is 79.5 cm³/mol. The van der Waals surface area contributed by atoms with Gasteiger partial charge in [0.25, 0.3) is 5.91 Å². The first-order chi connectivity index (χ1) is 8.93. The molecule has 0 radical (unpaired) electrons. The average Bonchev–Trinajstić information content (AvgIpc) is 2.57. The zero-order valence-electron chi connectivity index (χ0n) is 10.2. The van der Waals surface area contributed by atoms with Crippen LogP contribution < -0.4 is 4.74 Å². The average molecular weight is 317 g/mol. The Bertz CT molecular complexity index is 602. The highest BCUT2D eigenvalue weighted by atomic mass is 35.5. The van der Waals surface area contributed by atoms with Crippen molar-refractivity contribution in [3.63, 3.8) is 0 Å². The topological polar surface area (TPSA) is 41.9 Å². The Balaban J connectivity index is 2.37. The molecule has 0 saturated heterocycles. The number of rotatable bonds is 3. The molecule has 19 heavy (non-hydrogen) atoms. The van der Waals surface area contributed by atoms with Crippen LogP contribution in [0.3, 0.4) is 0 Å². The second kappa shape index (κ2) is 5.45. The molecule has 1 aliphatic heterocycles. The Hall–Kier alpha value is -1.17. The van der Waals surface area contributed by atoms with E-state index in [4.69, 9.17) is 40.2 Å². The second-order valence-corrected chi connectivity index (χ2v) is 5.17. The molecule has 2 rings (SSSR count). The van der Waals surface area contributed by atoms with Gasteiger partial charge in [-0.2, -0.15) is 0 Å². The van der Waals surface area contributed by atoms with E-state index in [1.807, 2.05) is 0 Å². The lowest BCUT2D eigenvalue weighted by atomic mass is 10.1. The van der Waals surface area contributed by atoms with Crippen LogP contribution in [-0.4, -0.2) is 35.8 Å². The molecule has 0 fully saturated rings. The van der Waals surface area contributed by atoms with Gasteiger partial charge in [-0.15, -0.1) is 0 Å². The predicted octanol–water partition coefficient (Wildman–Crippen LogP) is 2.74. The summed E-state index contributed by atoms with van der Waals surface area (Å²) in [6, 6.07) is 3.28. The Labute approximate surface area is 126 Å². The lowest BCUT2D eigenvalue weighted by Gasteiger charge is -2.11. The zero-order chi connectivity index (χ0) is 14.2. The van der Waals surface area contributed by atoms with E-state index in [1.165, 1.54) is 12.0 Å². The summed E-state index contributed by atoms with van der Waals surface area (Å²) < 4.78 is 5.23. The molecule has 0 aromatic heterocycles. The van der Waals surface area contributed by atoms with Crippen molar-refractivity contribution in [3.05, 3.63) is 27.7 Å². The van der Waals surface area contributed by atoms with Crippen molar-refractivity contribution in [3.8, 4) is 5.75 Å². The largest absolute Gasteiger partial charge is 0.495 e. The highest BCUT2D eigenvalue weighted by Crippen LogP contribution is 2.33. The van der Waals surface area contributed by atoms with E-state index in [0.29, 0.717) is 27.1 Å². The van der Waals surface area contributed by atoms with E-state index in [-0.39, 0.29) is 17.4 Å². The Morgan fingerprint density at radius 2 is 2.11 bits per heavy atom. The molecule has 0 atom stereocenters. The number of carbonyl (C=O) groups is 1. The maximum atomic E-state index is 11.9. The summed E-state index contributed by atoms with van der Waals surface area (Å²) in [5, 5.41) is 1.13. The van der Waals surface area contributed by atoms with Crippen molar-refractivity contribution in [2.24, 2.45) is 4.99 Å². The molecule has 0 unspecified atom stereocenters. The molecule has 1 aromatic rings. The van der Waals surface area contributed by atoms with Gasteiger partial charge in [-0.05, 0) is 24.4 Å². The number of nitrogens with zero attached hydrogens (tertiary/aromatic N) is 2. The molecule has 1 amide bonds. The summed E-state index contributed by atoms with van der Waals surface area (Å²) in [5.41, 5.74) is 1.05. The van der Waals surface area contributed by atoms with Crippen molar-refractivity contribution < 1.29 is 9.53 Å². The third kappa shape index (κ3) is 2.73. The molecule has 1 aliphatic rings. The maximum Gasteiger partial charge on any atom is 0.274 e. The molecule has 100 valence electrons. The van der Waals surface area contributed by atoms with Crippen molar-refractivity contribution in [2.45, 2.75) is 6.42 Å². The van der Waals surface area contributed by atoms with Gasteiger partial charge in [-0.1, -0.05) is 23.2 Å². The number of ether oxygens (including phenoxy) is 1. The third-order valence-corrected chi connectivity index (χ3v) is 3.58. The summed E-state index contributed by atoms with van der Waals surface area (Å²) in [5.74, 6) is 0.269. The minimum Gasteiger partial charge on any atom is -0.495 e. The highest BCUT2D eigenvalue weighted by molar-refractivity contribution is 7.80. The number of benzene rings is 1. The number of amides is 1. The molecule has 0 spiro atoms. The van der Waals surface area contributed by atoms with Crippen molar-refractivity contribution in [1.82, 2.24) is 4.90 Å². The van der Waals surface area contributed by atoms with Gasteiger partial charge in [0.2, 0.25) is 5.11 Å². The molecule has 0 N–H and O–H groups in total. The molecule has 0 saturated carbocycles. The van der Waals surface area contributed by atoms with E-state index in [0.717, 1.165) is 0 Å². The summed E-state index contributed by atoms with van der Waals surface area (Å²) in [6.07, 6.45) is 0.271. The fourth-order valence-electron chi connectivity index (χ4n) is 1.79. The fraction of sp³-hybridized carbons (Fsp3) is 0.250. The second-order valence-electron chi connectivity index (χ2n) is 3.96. The zero-order valence-corrected chi connectivity index (χ0v) is 12.6. The van der Waals surface area contributed by atoms with E-state index in [1.54, 1.807) is 19.2 Å². The van der Waals surface area contributed by atoms with E-state index in [9.17, 15) is 4.79 Å². The van der Waals surface area contributed by atoms with Gasteiger partial charge in [0.15, 0.2) is 0 Å². The Morgan fingerprint density at radius 1 is 1.42 bits per heavy atom. The lowest BCUT2D eigenvalue weighted by Crippen LogP contribution is -2.29. The molecule has 0 bridgehead atoms. The van der Waals surface area contributed by atoms with Gasteiger partial charge < -0.3 is 4.74 Å². The molecule has 4 nitrogen and oxygen atoms in total. The van der Waals surface area contributed by atoms with E-state index >= 15 is 0 Å². The first kappa shape index (κ1) is 14.2. The quantitative estimate of drug-likeness (QED) is 0.805. The normalized spacial score (nSPS) is 14.9. The van der Waals surface area contributed by atoms with E-state index in [2.05, 4.69) is 4.99 Å². The van der Waals surface area contributed by atoms with Crippen LogP contribution in [0.15, 0.2) is 17.1 Å². The van der Waals surface area contributed by atoms with Crippen LogP contribution in [0.4, 0.5) is 0 Å². The van der Waals surface area contributed by atoms with Crippen LogP contribution >= 0.6 is 35.4 Å². The van der Waals surface area contributed by atoms with Gasteiger partial charge in [0, 0.05) is 24.1 Å². The van der Waals surface area contributed by atoms with Gasteiger partial charge in [0.1, 0.15) is 11.5 Å². The number of thiocarbonyl (C=S) groups is 1. The molecule has 1 heterocycles. The van der Waals surface area contributed by atoms with Crippen molar-refractivity contribution in [1.29, 1.82) is 0 Å². The van der Waals surface area contributed by atoms with Crippen molar-refractivity contribution >= 4 is 52.2 Å². The molecule has 0 aliphatic carbocycles. The standard InChI is InChI=1S/C12H10Cl2N2O2S/c1-16-11(17)9(15-12(16)19)4-6-3-7(13)5-8(14)10(6)18-2/h3,5H,4H2,1-2H3. The number of methoxy groups -OCH3 is 1. The summed E-state index contributed by atoms with van der Waals surface area (Å²) in [4.78, 5) is 17.3. The smallest absolute Gasteiger partial charge is 0.274 e. The number of halogens is 2. The number of carbonyl (C=O) groups excluding carboxylic acids is 1. The number of hydrogen-bond donors (Lipinski definition) is 0. The van der Waals surface area contributed by atoms with Gasteiger partial charge >= 0.3 is 0 Å². The fourth-order valence-corrected chi connectivity index (χ4v) is 2.59. The number of hydrogen-bond acceptors (Lipinski definition) is 3. The van der Waals surface area contributed by atoms with Crippen LogP contribution in [0, 0.1) is 0 Å². The molecule has 1 aromatic carbocycles. The van der Waals surface area contributed by atoms with Crippen LogP contribution in [0.5, 0.6) is 5.75 Å². The first-order valence-electron chi connectivity index (χ1n) is 5.35. The summed E-state index contributed by atoms with van der Waals surface area (Å²) >= 11 is 17.0.